The van der Waals surface area contributed by atoms with Gasteiger partial charge in [0.2, 0.25) is 5.91 Å². The number of benzene rings is 1. The van der Waals surface area contributed by atoms with Crippen LogP contribution >= 0.6 is 35.0 Å². The Balaban J connectivity index is 1.84. The minimum absolute atomic E-state index is 0.0614. The maximum absolute atomic E-state index is 13.1. The molecule has 12 heteroatoms. The lowest BCUT2D eigenvalue weighted by atomic mass is 10.3. The third kappa shape index (κ3) is 4.71. The number of hydrogen-bond acceptors (Lipinski definition) is 5. The Morgan fingerprint density at radius 3 is 2.66 bits per heavy atom. The standard InChI is InChI=1S/C17H13Cl2F3N4O2S/c1-8(15(27)23-12-6-10(18)3-4-13(12)28-2)29-16-25-24-14-11(19)5-9(7-26(14)16)17(20,21)22/h3-8H,1-2H3,(H,23,27). The van der Waals surface area contributed by atoms with E-state index >= 15 is 0 Å². The average Bonchev–Trinajstić information content (AvgIpc) is 3.04. The number of amides is 1. The van der Waals surface area contributed by atoms with Crippen molar-refractivity contribution < 1.29 is 22.7 Å². The lowest BCUT2D eigenvalue weighted by Gasteiger charge is -2.14. The number of anilines is 1. The molecule has 1 N–H and O–H groups in total. The minimum Gasteiger partial charge on any atom is -0.495 e. The van der Waals surface area contributed by atoms with Crippen molar-refractivity contribution in [3.63, 3.8) is 0 Å². The number of nitrogens with one attached hydrogen (secondary N) is 1. The lowest BCUT2D eigenvalue weighted by molar-refractivity contribution is -0.137. The third-order valence-electron chi connectivity index (χ3n) is 3.83. The topological polar surface area (TPSA) is 68.5 Å². The number of pyridine rings is 1. The largest absolute Gasteiger partial charge is 0.495 e. The van der Waals surface area contributed by atoms with Crippen molar-refractivity contribution >= 4 is 52.2 Å². The molecule has 0 saturated carbocycles. The van der Waals surface area contributed by atoms with Crippen LogP contribution in [0.3, 0.4) is 0 Å². The van der Waals surface area contributed by atoms with Gasteiger partial charge in [-0.2, -0.15) is 13.2 Å². The molecule has 0 aliphatic heterocycles. The molecule has 1 atom stereocenters. The molecule has 154 valence electrons. The number of halogens is 5. The molecule has 0 aliphatic rings. The fourth-order valence-electron chi connectivity index (χ4n) is 2.39. The highest BCUT2D eigenvalue weighted by molar-refractivity contribution is 8.00. The number of carbonyl (C=O) groups is 1. The summed E-state index contributed by atoms with van der Waals surface area (Å²) in [5, 5.41) is 9.91. The molecule has 0 fully saturated rings. The second-order valence-electron chi connectivity index (χ2n) is 5.84. The summed E-state index contributed by atoms with van der Waals surface area (Å²) in [6.45, 7) is 1.58. The number of ether oxygens (including phenoxy) is 1. The van der Waals surface area contributed by atoms with E-state index in [1.165, 1.54) is 13.2 Å². The fraction of sp³-hybridized carbons (Fsp3) is 0.235. The second kappa shape index (κ2) is 8.29. The summed E-state index contributed by atoms with van der Waals surface area (Å²) in [5.41, 5.74) is -0.519. The summed E-state index contributed by atoms with van der Waals surface area (Å²) in [6, 6.07) is 5.51. The fourth-order valence-corrected chi connectivity index (χ4v) is 3.63. The van der Waals surface area contributed by atoms with Crippen molar-refractivity contribution in [2.45, 2.75) is 23.5 Å². The lowest BCUT2D eigenvalue weighted by Crippen LogP contribution is -2.23. The Morgan fingerprint density at radius 1 is 1.28 bits per heavy atom. The van der Waals surface area contributed by atoms with Gasteiger partial charge in [-0.25, -0.2) is 0 Å². The Morgan fingerprint density at radius 2 is 2.00 bits per heavy atom. The smallest absolute Gasteiger partial charge is 0.417 e. The SMILES string of the molecule is COc1ccc(Cl)cc1NC(=O)C(C)Sc1nnc2c(Cl)cc(C(F)(F)F)cn12. The van der Waals surface area contributed by atoms with Crippen LogP contribution in [-0.4, -0.2) is 32.9 Å². The van der Waals surface area contributed by atoms with Crippen LogP contribution in [0.2, 0.25) is 10.0 Å². The highest BCUT2D eigenvalue weighted by atomic mass is 35.5. The van der Waals surface area contributed by atoms with E-state index in [0.717, 1.165) is 28.4 Å². The van der Waals surface area contributed by atoms with Crippen LogP contribution in [0.5, 0.6) is 5.75 Å². The number of carbonyl (C=O) groups excluding carboxylic acids is 1. The maximum Gasteiger partial charge on any atom is 0.417 e. The van der Waals surface area contributed by atoms with E-state index in [-0.39, 0.29) is 15.8 Å². The second-order valence-corrected chi connectivity index (χ2v) is 8.00. The van der Waals surface area contributed by atoms with Gasteiger partial charge in [-0.3, -0.25) is 9.20 Å². The van der Waals surface area contributed by atoms with Crippen molar-refractivity contribution in [1.82, 2.24) is 14.6 Å². The molecule has 0 aliphatic carbocycles. The van der Waals surface area contributed by atoms with Gasteiger partial charge in [0.05, 0.1) is 28.6 Å². The first-order valence-corrected chi connectivity index (χ1v) is 9.66. The number of rotatable bonds is 5. The van der Waals surface area contributed by atoms with Crippen LogP contribution in [0.15, 0.2) is 35.6 Å². The van der Waals surface area contributed by atoms with Crippen LogP contribution in [0.1, 0.15) is 12.5 Å². The number of hydrogen-bond donors (Lipinski definition) is 1. The molecule has 3 aromatic rings. The van der Waals surface area contributed by atoms with Crippen molar-refractivity contribution in [3.8, 4) is 5.75 Å². The number of fused-ring (bicyclic) bond motifs is 1. The summed E-state index contributed by atoms with van der Waals surface area (Å²) in [7, 11) is 1.45. The minimum atomic E-state index is -4.59. The first-order valence-electron chi connectivity index (χ1n) is 8.02. The van der Waals surface area contributed by atoms with Crippen molar-refractivity contribution in [2.24, 2.45) is 0 Å². The molecule has 2 heterocycles. The predicted octanol–water partition coefficient (Wildman–Crippen LogP) is 5.18. The van der Waals surface area contributed by atoms with Crippen LogP contribution in [0.4, 0.5) is 18.9 Å². The average molecular weight is 465 g/mol. The highest BCUT2D eigenvalue weighted by Crippen LogP contribution is 2.34. The molecule has 29 heavy (non-hydrogen) atoms. The third-order valence-corrected chi connectivity index (χ3v) is 5.40. The summed E-state index contributed by atoms with van der Waals surface area (Å²) in [4.78, 5) is 12.6. The van der Waals surface area contributed by atoms with Gasteiger partial charge in [0.25, 0.3) is 0 Å². The molecular weight excluding hydrogens is 452 g/mol. The van der Waals surface area contributed by atoms with E-state index in [1.54, 1.807) is 19.1 Å². The Labute approximate surface area is 177 Å². The summed E-state index contributed by atoms with van der Waals surface area (Å²) >= 11 is 12.8. The Bertz CT molecular complexity index is 1070. The van der Waals surface area contributed by atoms with Gasteiger partial charge < -0.3 is 10.1 Å². The molecule has 0 saturated heterocycles. The zero-order valence-corrected chi connectivity index (χ0v) is 17.2. The molecule has 3 rings (SSSR count). The van der Waals surface area contributed by atoms with Crippen LogP contribution < -0.4 is 10.1 Å². The highest BCUT2D eigenvalue weighted by Gasteiger charge is 2.32. The first-order chi connectivity index (χ1) is 13.6. The monoisotopic (exact) mass is 464 g/mol. The molecule has 0 spiro atoms. The van der Waals surface area contributed by atoms with E-state index in [2.05, 4.69) is 15.5 Å². The molecule has 0 radical (unpaired) electrons. The van der Waals surface area contributed by atoms with Crippen LogP contribution in [0.25, 0.3) is 5.65 Å². The van der Waals surface area contributed by atoms with Gasteiger partial charge in [-0.05, 0) is 31.2 Å². The van der Waals surface area contributed by atoms with E-state index in [4.69, 9.17) is 27.9 Å². The van der Waals surface area contributed by atoms with E-state index in [1.807, 2.05) is 0 Å². The van der Waals surface area contributed by atoms with Crippen LogP contribution in [-0.2, 0) is 11.0 Å². The molecule has 1 amide bonds. The van der Waals surface area contributed by atoms with Crippen LogP contribution in [0, 0.1) is 0 Å². The van der Waals surface area contributed by atoms with Crippen molar-refractivity contribution in [3.05, 3.63) is 46.1 Å². The predicted molar refractivity (Wildman–Crippen MR) is 105 cm³/mol. The van der Waals surface area contributed by atoms with Gasteiger partial charge in [0.1, 0.15) is 5.75 Å². The van der Waals surface area contributed by atoms with Crippen molar-refractivity contribution in [2.75, 3.05) is 12.4 Å². The van der Waals surface area contributed by atoms with E-state index in [9.17, 15) is 18.0 Å². The summed E-state index contributed by atoms with van der Waals surface area (Å²) in [5.74, 6) is -0.0140. The quantitative estimate of drug-likeness (QED) is 0.526. The van der Waals surface area contributed by atoms with E-state index < -0.39 is 22.9 Å². The maximum atomic E-state index is 13.1. The molecular formula is C17H13Cl2F3N4O2S. The van der Waals surface area contributed by atoms with E-state index in [0.29, 0.717) is 16.5 Å². The number of thioether (sulfide) groups is 1. The van der Waals surface area contributed by atoms with Gasteiger partial charge >= 0.3 is 6.18 Å². The van der Waals surface area contributed by atoms with Gasteiger partial charge in [-0.15, -0.1) is 10.2 Å². The normalized spacial score (nSPS) is 12.8. The van der Waals surface area contributed by atoms with Gasteiger partial charge in [0.15, 0.2) is 10.8 Å². The molecule has 1 aromatic carbocycles. The van der Waals surface area contributed by atoms with Gasteiger partial charge in [-0.1, -0.05) is 35.0 Å². The molecule has 1 unspecified atom stereocenters. The Kier molecular flexibility index (Phi) is 6.16. The first kappa shape index (κ1) is 21.5. The molecule has 0 bridgehead atoms. The number of alkyl halides is 3. The van der Waals surface area contributed by atoms with Gasteiger partial charge in [0, 0.05) is 11.2 Å². The molecule has 2 aromatic heterocycles. The summed E-state index contributed by atoms with van der Waals surface area (Å²) < 4.78 is 45.5. The Hall–Kier alpha value is -2.17. The zero-order valence-electron chi connectivity index (χ0n) is 14.9. The number of methoxy groups -OCH3 is 1. The van der Waals surface area contributed by atoms with Crippen molar-refractivity contribution in [1.29, 1.82) is 0 Å². The summed E-state index contributed by atoms with van der Waals surface area (Å²) in [6.07, 6.45) is -3.75. The number of aromatic nitrogens is 3. The molecule has 6 nitrogen and oxygen atoms in total. The zero-order chi connectivity index (χ0) is 21.3. The number of nitrogens with zero attached hydrogens (tertiary/aromatic N) is 3.